The van der Waals surface area contributed by atoms with Gasteiger partial charge in [0.15, 0.2) is 0 Å². The SMILES string of the molecule is COc1ccc(N=Nc2c(N3CCOCC3)cc(N3CCOCC3)cc2N2CCOCC2)cc1. The zero-order valence-corrected chi connectivity index (χ0v) is 19.8. The van der Waals surface area contributed by atoms with Crippen molar-refractivity contribution in [3.8, 4) is 5.75 Å². The number of azo groups is 1. The summed E-state index contributed by atoms with van der Waals surface area (Å²) in [5, 5.41) is 9.47. The van der Waals surface area contributed by atoms with Crippen LogP contribution in [0.3, 0.4) is 0 Å². The van der Waals surface area contributed by atoms with Crippen molar-refractivity contribution >= 4 is 28.4 Å². The minimum absolute atomic E-state index is 0.712. The molecular formula is C25H33N5O4. The van der Waals surface area contributed by atoms with Crippen molar-refractivity contribution in [2.24, 2.45) is 10.2 Å². The number of rotatable bonds is 6. The van der Waals surface area contributed by atoms with Gasteiger partial charge in [-0.1, -0.05) is 0 Å². The zero-order valence-electron chi connectivity index (χ0n) is 19.8. The first-order valence-electron chi connectivity index (χ1n) is 12.0. The summed E-state index contributed by atoms with van der Waals surface area (Å²) < 4.78 is 22.2. The fraction of sp³-hybridized carbons (Fsp3) is 0.520. The molecule has 2 aromatic rings. The van der Waals surface area contributed by atoms with Crippen molar-refractivity contribution < 1.29 is 18.9 Å². The summed E-state index contributed by atoms with van der Waals surface area (Å²) in [6, 6.07) is 12.2. The molecule has 3 fully saturated rings. The number of hydrogen-bond donors (Lipinski definition) is 0. The highest BCUT2D eigenvalue weighted by Crippen LogP contribution is 2.44. The Kier molecular flexibility index (Phi) is 7.43. The number of ether oxygens (including phenoxy) is 4. The largest absolute Gasteiger partial charge is 0.497 e. The molecule has 182 valence electrons. The van der Waals surface area contributed by atoms with Crippen molar-refractivity contribution in [2.45, 2.75) is 0 Å². The Balaban J connectivity index is 1.58. The smallest absolute Gasteiger partial charge is 0.132 e. The number of hydrogen-bond acceptors (Lipinski definition) is 9. The summed E-state index contributed by atoms with van der Waals surface area (Å²) in [4.78, 5) is 7.15. The minimum Gasteiger partial charge on any atom is -0.497 e. The average molecular weight is 468 g/mol. The molecule has 0 amide bonds. The second-order valence-electron chi connectivity index (χ2n) is 8.53. The molecule has 34 heavy (non-hydrogen) atoms. The fourth-order valence-corrected chi connectivity index (χ4v) is 4.54. The molecule has 0 N–H and O–H groups in total. The first-order chi connectivity index (χ1) is 16.8. The highest BCUT2D eigenvalue weighted by Gasteiger charge is 2.25. The van der Waals surface area contributed by atoms with Gasteiger partial charge in [0.2, 0.25) is 0 Å². The van der Waals surface area contributed by atoms with Crippen LogP contribution in [0.15, 0.2) is 46.6 Å². The second-order valence-corrected chi connectivity index (χ2v) is 8.53. The summed E-state index contributed by atoms with van der Waals surface area (Å²) in [5.74, 6) is 0.803. The highest BCUT2D eigenvalue weighted by atomic mass is 16.5. The molecule has 0 aliphatic carbocycles. The van der Waals surface area contributed by atoms with Crippen LogP contribution in [-0.4, -0.2) is 86.0 Å². The molecule has 0 bridgehead atoms. The molecule has 0 aromatic heterocycles. The Labute approximate surface area is 200 Å². The van der Waals surface area contributed by atoms with Gasteiger partial charge in [-0.3, -0.25) is 0 Å². The van der Waals surface area contributed by atoms with E-state index in [4.69, 9.17) is 24.1 Å². The van der Waals surface area contributed by atoms with E-state index in [1.807, 2.05) is 24.3 Å². The van der Waals surface area contributed by atoms with E-state index < -0.39 is 0 Å². The van der Waals surface area contributed by atoms with Crippen LogP contribution in [0, 0.1) is 0 Å². The van der Waals surface area contributed by atoms with E-state index >= 15 is 0 Å². The van der Waals surface area contributed by atoms with E-state index in [1.165, 1.54) is 5.69 Å². The number of morpholine rings is 3. The van der Waals surface area contributed by atoms with Crippen molar-refractivity contribution in [2.75, 3.05) is 101 Å². The molecule has 0 radical (unpaired) electrons. The van der Waals surface area contributed by atoms with E-state index in [0.717, 1.165) is 81.0 Å². The van der Waals surface area contributed by atoms with E-state index in [-0.39, 0.29) is 0 Å². The Morgan fingerprint density at radius 2 is 1.12 bits per heavy atom. The second kappa shape index (κ2) is 11.0. The van der Waals surface area contributed by atoms with Gasteiger partial charge in [-0.2, -0.15) is 5.11 Å². The van der Waals surface area contributed by atoms with Gasteiger partial charge in [0.1, 0.15) is 11.4 Å². The normalized spacial score (nSPS) is 19.6. The lowest BCUT2D eigenvalue weighted by Gasteiger charge is -2.36. The summed E-state index contributed by atoms with van der Waals surface area (Å²) in [6.07, 6.45) is 0. The number of methoxy groups -OCH3 is 1. The molecule has 0 saturated carbocycles. The lowest BCUT2D eigenvalue weighted by molar-refractivity contribution is 0.122. The van der Waals surface area contributed by atoms with Crippen molar-refractivity contribution in [1.82, 2.24) is 0 Å². The summed E-state index contributed by atoms with van der Waals surface area (Å²) in [5.41, 5.74) is 5.10. The van der Waals surface area contributed by atoms with Gasteiger partial charge in [0, 0.05) is 45.0 Å². The number of nitrogens with zero attached hydrogens (tertiary/aromatic N) is 5. The first-order valence-corrected chi connectivity index (χ1v) is 12.0. The van der Waals surface area contributed by atoms with Gasteiger partial charge in [0.25, 0.3) is 0 Å². The van der Waals surface area contributed by atoms with Crippen LogP contribution < -0.4 is 19.4 Å². The van der Waals surface area contributed by atoms with Gasteiger partial charge in [-0.15, -0.1) is 5.11 Å². The molecule has 3 aliphatic rings. The molecule has 3 saturated heterocycles. The lowest BCUT2D eigenvalue weighted by Crippen LogP contribution is -2.39. The van der Waals surface area contributed by atoms with E-state index in [1.54, 1.807) is 7.11 Å². The lowest BCUT2D eigenvalue weighted by atomic mass is 10.1. The predicted molar refractivity (Wildman–Crippen MR) is 133 cm³/mol. The van der Waals surface area contributed by atoms with Crippen LogP contribution in [0.4, 0.5) is 28.4 Å². The van der Waals surface area contributed by atoms with Gasteiger partial charge >= 0.3 is 0 Å². The first kappa shape index (κ1) is 22.9. The van der Waals surface area contributed by atoms with E-state index in [2.05, 4.69) is 31.9 Å². The molecule has 3 aliphatic heterocycles. The third kappa shape index (κ3) is 5.27. The molecule has 3 heterocycles. The number of anilines is 3. The van der Waals surface area contributed by atoms with Crippen LogP contribution >= 0.6 is 0 Å². The van der Waals surface area contributed by atoms with Crippen molar-refractivity contribution in [3.05, 3.63) is 36.4 Å². The average Bonchev–Trinajstić information content (AvgIpc) is 2.93. The van der Waals surface area contributed by atoms with Gasteiger partial charge in [0.05, 0.1) is 63.8 Å². The van der Waals surface area contributed by atoms with E-state index in [0.29, 0.717) is 26.4 Å². The van der Waals surface area contributed by atoms with Gasteiger partial charge in [-0.05, 0) is 36.4 Å². The molecule has 9 heteroatoms. The standard InChI is InChI=1S/C25H33N5O4/c1-31-22-4-2-20(3-5-22)26-27-25-23(29-8-14-33-15-9-29)18-21(28-6-12-32-13-7-28)19-24(25)30-10-16-34-17-11-30/h2-5,18-19H,6-17H2,1H3. The Hall–Kier alpha value is -2.88. The predicted octanol–water partition coefficient (Wildman–Crippen LogP) is 3.62. The fourth-order valence-electron chi connectivity index (χ4n) is 4.54. The Morgan fingerprint density at radius 1 is 0.647 bits per heavy atom. The molecule has 5 rings (SSSR count). The van der Waals surface area contributed by atoms with E-state index in [9.17, 15) is 0 Å². The quantitative estimate of drug-likeness (QED) is 0.601. The van der Waals surface area contributed by atoms with Crippen LogP contribution in [0.5, 0.6) is 5.75 Å². The molecule has 0 unspecified atom stereocenters. The molecule has 0 spiro atoms. The minimum atomic E-state index is 0.712. The number of benzene rings is 2. The molecule has 9 nitrogen and oxygen atoms in total. The van der Waals surface area contributed by atoms with Crippen molar-refractivity contribution in [3.63, 3.8) is 0 Å². The Bertz CT molecular complexity index is 927. The maximum absolute atomic E-state index is 5.64. The molecule has 0 atom stereocenters. The summed E-state index contributed by atoms with van der Waals surface area (Å²) in [6.45, 7) is 9.45. The maximum atomic E-state index is 5.64. The van der Waals surface area contributed by atoms with Crippen LogP contribution in [-0.2, 0) is 14.2 Å². The topological polar surface area (TPSA) is 71.4 Å². The third-order valence-corrected chi connectivity index (χ3v) is 6.47. The van der Waals surface area contributed by atoms with Gasteiger partial charge in [-0.25, -0.2) is 0 Å². The van der Waals surface area contributed by atoms with Crippen LogP contribution in [0.2, 0.25) is 0 Å². The summed E-state index contributed by atoms with van der Waals surface area (Å²) >= 11 is 0. The maximum Gasteiger partial charge on any atom is 0.132 e. The molecular weight excluding hydrogens is 434 g/mol. The van der Waals surface area contributed by atoms with Crippen molar-refractivity contribution in [1.29, 1.82) is 0 Å². The van der Waals surface area contributed by atoms with Crippen LogP contribution in [0.25, 0.3) is 0 Å². The summed E-state index contributed by atoms with van der Waals surface area (Å²) in [7, 11) is 1.66. The Morgan fingerprint density at radius 3 is 1.59 bits per heavy atom. The third-order valence-electron chi connectivity index (χ3n) is 6.47. The zero-order chi connectivity index (χ0) is 23.2. The van der Waals surface area contributed by atoms with Gasteiger partial charge < -0.3 is 33.6 Å². The monoisotopic (exact) mass is 467 g/mol. The van der Waals surface area contributed by atoms with Crippen LogP contribution in [0.1, 0.15) is 0 Å². The highest BCUT2D eigenvalue weighted by molar-refractivity contribution is 5.86. The molecule has 2 aromatic carbocycles.